The first-order chi connectivity index (χ1) is 16.6. The highest BCUT2D eigenvalue weighted by molar-refractivity contribution is 5.96. The Morgan fingerprint density at radius 2 is 1.36 bits per heavy atom. The van der Waals surface area contributed by atoms with E-state index in [4.69, 9.17) is 28.0 Å². The van der Waals surface area contributed by atoms with Gasteiger partial charge in [0, 0.05) is 13.0 Å². The van der Waals surface area contributed by atoms with Gasteiger partial charge in [-0.05, 0) is 26.2 Å². The maximum absolute atomic E-state index is 12.8. The number of carboxylic acids is 2. The van der Waals surface area contributed by atoms with Gasteiger partial charge in [-0.1, -0.05) is 0 Å². The lowest BCUT2D eigenvalue weighted by atomic mass is 10.1. The van der Waals surface area contributed by atoms with E-state index in [1.165, 1.54) is 6.92 Å². The van der Waals surface area contributed by atoms with E-state index in [-0.39, 0.29) is 25.3 Å². The number of nitrogens with two attached hydrogens (primary N) is 4. The minimum absolute atomic E-state index is 0.0863. The summed E-state index contributed by atoms with van der Waals surface area (Å²) in [7, 11) is 0. The van der Waals surface area contributed by atoms with Crippen LogP contribution in [-0.4, -0.2) is 93.7 Å². The second-order valence-corrected chi connectivity index (χ2v) is 7.84. The number of aliphatic hydroxyl groups is 1. The van der Waals surface area contributed by atoms with Crippen molar-refractivity contribution >= 4 is 41.5 Å². The Kier molecular flexibility index (Phi) is 14.1. The first kappa shape index (κ1) is 32.0. The molecule has 0 aliphatic rings. The summed E-state index contributed by atoms with van der Waals surface area (Å²) in [6.07, 6.45) is -2.93. The van der Waals surface area contributed by atoms with Crippen LogP contribution in [0.3, 0.4) is 0 Å². The van der Waals surface area contributed by atoms with Gasteiger partial charge in [0.05, 0.1) is 12.5 Å². The number of rotatable bonds is 17. The van der Waals surface area contributed by atoms with Crippen molar-refractivity contribution in [2.24, 2.45) is 27.9 Å². The fourth-order valence-corrected chi connectivity index (χ4v) is 2.74. The summed E-state index contributed by atoms with van der Waals surface area (Å²) in [5.74, 6) is -7.03. The number of carboxylic acid groups (broad SMARTS) is 2. The SMILES string of the molecule is CC(O)C(N)C(=O)NC(CCC(=O)O)C(=O)NC(CC(N)=O)C(=O)NC(CCCN=C(N)N)C(=O)O. The molecule has 36 heavy (non-hydrogen) atoms. The zero-order valence-corrected chi connectivity index (χ0v) is 19.7. The summed E-state index contributed by atoms with van der Waals surface area (Å²) >= 11 is 0. The summed E-state index contributed by atoms with van der Waals surface area (Å²) in [6.45, 7) is 1.31. The van der Waals surface area contributed by atoms with Crippen LogP contribution in [0.2, 0.25) is 0 Å². The normalized spacial score (nSPS) is 14.8. The third-order valence-corrected chi connectivity index (χ3v) is 4.70. The van der Waals surface area contributed by atoms with Gasteiger partial charge in [-0.25, -0.2) is 4.79 Å². The van der Waals surface area contributed by atoms with Crippen molar-refractivity contribution in [2.45, 2.75) is 69.3 Å². The fourth-order valence-electron chi connectivity index (χ4n) is 2.74. The first-order valence-electron chi connectivity index (χ1n) is 10.8. The number of aliphatic carboxylic acids is 2. The molecule has 17 nitrogen and oxygen atoms in total. The third-order valence-electron chi connectivity index (χ3n) is 4.70. The van der Waals surface area contributed by atoms with Gasteiger partial charge in [0.1, 0.15) is 24.2 Å². The molecule has 5 atom stereocenters. The molecular weight excluding hydrogens is 484 g/mol. The number of aliphatic hydroxyl groups excluding tert-OH is 1. The average Bonchev–Trinajstić information content (AvgIpc) is 2.76. The lowest BCUT2D eigenvalue weighted by molar-refractivity contribution is -0.142. The zero-order valence-electron chi connectivity index (χ0n) is 19.7. The van der Waals surface area contributed by atoms with E-state index in [2.05, 4.69) is 20.9 Å². The van der Waals surface area contributed by atoms with Crippen LogP contribution in [-0.2, 0) is 28.8 Å². The number of nitrogens with one attached hydrogen (secondary N) is 3. The Morgan fingerprint density at radius 3 is 1.83 bits per heavy atom. The van der Waals surface area contributed by atoms with E-state index in [1.807, 2.05) is 0 Å². The van der Waals surface area contributed by atoms with Gasteiger partial charge < -0.3 is 54.2 Å². The van der Waals surface area contributed by atoms with Crippen molar-refractivity contribution in [3.63, 3.8) is 0 Å². The lowest BCUT2D eigenvalue weighted by Gasteiger charge is -2.25. The van der Waals surface area contributed by atoms with Gasteiger partial charge in [0.25, 0.3) is 0 Å². The highest BCUT2D eigenvalue weighted by atomic mass is 16.4. The lowest BCUT2D eigenvalue weighted by Crippen LogP contribution is -2.58. The van der Waals surface area contributed by atoms with Crippen LogP contribution in [0.4, 0.5) is 0 Å². The number of amides is 4. The molecule has 0 radical (unpaired) electrons. The van der Waals surface area contributed by atoms with Crippen LogP contribution in [0.1, 0.15) is 39.0 Å². The smallest absolute Gasteiger partial charge is 0.326 e. The van der Waals surface area contributed by atoms with E-state index in [9.17, 15) is 39.0 Å². The first-order valence-corrected chi connectivity index (χ1v) is 10.8. The topological polar surface area (TPSA) is 316 Å². The van der Waals surface area contributed by atoms with Crippen LogP contribution in [0.25, 0.3) is 0 Å². The second-order valence-electron chi connectivity index (χ2n) is 7.84. The van der Waals surface area contributed by atoms with Crippen LogP contribution >= 0.6 is 0 Å². The second kappa shape index (κ2) is 15.8. The maximum Gasteiger partial charge on any atom is 0.326 e. The molecule has 0 saturated heterocycles. The molecule has 204 valence electrons. The van der Waals surface area contributed by atoms with Gasteiger partial charge in [0.2, 0.25) is 23.6 Å². The molecule has 0 aromatic rings. The Hall–Kier alpha value is -3.99. The molecular formula is C19H34N8O9. The number of guanidine groups is 1. The molecule has 17 heteroatoms. The quantitative estimate of drug-likeness (QED) is 0.0491. The van der Waals surface area contributed by atoms with Crippen LogP contribution < -0.4 is 38.9 Å². The summed E-state index contributed by atoms with van der Waals surface area (Å²) in [6, 6.07) is -6.03. The predicted molar refractivity (Wildman–Crippen MR) is 124 cm³/mol. The minimum atomic E-state index is -1.65. The van der Waals surface area contributed by atoms with Crippen molar-refractivity contribution in [3.05, 3.63) is 0 Å². The number of aliphatic imine (C=N–C) groups is 1. The minimum Gasteiger partial charge on any atom is -0.481 e. The highest BCUT2D eigenvalue weighted by Gasteiger charge is 2.32. The van der Waals surface area contributed by atoms with E-state index >= 15 is 0 Å². The van der Waals surface area contributed by atoms with Crippen LogP contribution in [0, 0.1) is 0 Å². The largest absolute Gasteiger partial charge is 0.481 e. The van der Waals surface area contributed by atoms with E-state index < -0.39 is 85.1 Å². The number of primary amides is 1. The molecule has 14 N–H and O–H groups in total. The summed E-state index contributed by atoms with van der Waals surface area (Å²) < 4.78 is 0. The number of nitrogens with zero attached hydrogens (tertiary/aromatic N) is 1. The van der Waals surface area contributed by atoms with Gasteiger partial charge in [0.15, 0.2) is 5.96 Å². The van der Waals surface area contributed by atoms with Crippen LogP contribution in [0.5, 0.6) is 0 Å². The molecule has 4 amide bonds. The molecule has 0 bridgehead atoms. The van der Waals surface area contributed by atoms with Crippen LogP contribution in [0.15, 0.2) is 4.99 Å². The zero-order chi connectivity index (χ0) is 28.0. The summed E-state index contributed by atoms with van der Waals surface area (Å²) in [5.41, 5.74) is 21.0. The number of hydrogen-bond acceptors (Lipinski definition) is 9. The Bertz CT molecular complexity index is 845. The summed E-state index contributed by atoms with van der Waals surface area (Å²) in [5, 5.41) is 34.3. The van der Waals surface area contributed by atoms with E-state index in [0.717, 1.165) is 0 Å². The van der Waals surface area contributed by atoms with E-state index in [0.29, 0.717) is 0 Å². The molecule has 0 heterocycles. The number of carbonyl (C=O) groups excluding carboxylic acids is 4. The van der Waals surface area contributed by atoms with Crippen molar-refractivity contribution in [1.82, 2.24) is 16.0 Å². The monoisotopic (exact) mass is 518 g/mol. The van der Waals surface area contributed by atoms with Gasteiger partial charge in [-0.15, -0.1) is 0 Å². The number of hydrogen-bond donors (Lipinski definition) is 10. The molecule has 0 aromatic carbocycles. The van der Waals surface area contributed by atoms with Gasteiger partial charge in [-0.3, -0.25) is 29.0 Å². The molecule has 5 unspecified atom stereocenters. The molecule has 0 aliphatic carbocycles. The van der Waals surface area contributed by atoms with Crippen molar-refractivity contribution in [3.8, 4) is 0 Å². The highest BCUT2D eigenvalue weighted by Crippen LogP contribution is 2.04. The molecule has 0 fully saturated rings. The number of carbonyl (C=O) groups is 6. The molecule has 0 aliphatic heterocycles. The van der Waals surface area contributed by atoms with E-state index in [1.54, 1.807) is 0 Å². The fraction of sp³-hybridized carbons (Fsp3) is 0.632. The molecule has 0 saturated carbocycles. The molecule has 0 aromatic heterocycles. The maximum atomic E-state index is 12.8. The third kappa shape index (κ3) is 13.0. The Balaban J connectivity index is 5.55. The molecule has 0 rings (SSSR count). The Labute approximate surface area is 206 Å². The average molecular weight is 519 g/mol. The summed E-state index contributed by atoms with van der Waals surface area (Å²) in [4.78, 5) is 75.2. The van der Waals surface area contributed by atoms with Crippen molar-refractivity contribution in [2.75, 3.05) is 6.54 Å². The van der Waals surface area contributed by atoms with Crippen molar-refractivity contribution < 1.29 is 44.1 Å². The molecule has 0 spiro atoms. The van der Waals surface area contributed by atoms with Gasteiger partial charge in [-0.2, -0.15) is 0 Å². The predicted octanol–water partition coefficient (Wildman–Crippen LogP) is -4.97. The standard InChI is InChI=1S/C19H34N8O9/c1-8(28)14(21)17(34)25-9(4-5-13(30)31)15(32)27-11(7-12(20)29)16(33)26-10(18(35)36)3-2-6-24-19(22)23/h8-11,14,28H,2-7,21H2,1H3,(H2,20,29)(H,25,34)(H,26,33)(H,27,32)(H,30,31)(H,35,36)(H4,22,23,24). The van der Waals surface area contributed by atoms with Crippen molar-refractivity contribution in [1.29, 1.82) is 0 Å². The van der Waals surface area contributed by atoms with Gasteiger partial charge >= 0.3 is 11.9 Å². The Morgan fingerprint density at radius 1 is 0.833 bits per heavy atom.